The molecule has 0 unspecified atom stereocenters. The Morgan fingerprint density at radius 3 is 2.75 bits per heavy atom. The van der Waals surface area contributed by atoms with Gasteiger partial charge in [0.2, 0.25) is 0 Å². The van der Waals surface area contributed by atoms with Gasteiger partial charge in [0.25, 0.3) is 5.69 Å². The lowest BCUT2D eigenvalue weighted by atomic mass is 10.1. The molecule has 2 aromatic carbocycles. The molecular formula is C21H16BrNO5. The van der Waals surface area contributed by atoms with Crippen LogP contribution in [0.3, 0.4) is 0 Å². The number of nitrogens with zero attached hydrogens (tertiary/aromatic N) is 1. The van der Waals surface area contributed by atoms with Gasteiger partial charge in [0.05, 0.1) is 4.92 Å². The quantitative estimate of drug-likeness (QED) is 0.202. The van der Waals surface area contributed by atoms with Crippen molar-refractivity contribution in [3.8, 4) is 5.75 Å². The van der Waals surface area contributed by atoms with Crippen molar-refractivity contribution in [3.05, 3.63) is 97.9 Å². The van der Waals surface area contributed by atoms with Crippen molar-refractivity contribution >= 4 is 33.5 Å². The van der Waals surface area contributed by atoms with Crippen molar-refractivity contribution in [1.82, 2.24) is 0 Å². The minimum Gasteiger partial charge on any atom is -0.486 e. The Kier molecular flexibility index (Phi) is 6.06. The summed E-state index contributed by atoms with van der Waals surface area (Å²) in [7, 11) is 0. The van der Waals surface area contributed by atoms with E-state index in [1.54, 1.807) is 55.5 Å². The topological polar surface area (TPSA) is 82.6 Å². The number of furan rings is 1. The number of ketones is 1. The largest absolute Gasteiger partial charge is 0.486 e. The second-order valence-electron chi connectivity index (χ2n) is 6.01. The summed E-state index contributed by atoms with van der Waals surface area (Å²) in [6.07, 6.45) is 3.05. The highest BCUT2D eigenvalue weighted by Gasteiger charge is 2.11. The maximum absolute atomic E-state index is 12.2. The molecule has 0 amide bonds. The molecule has 142 valence electrons. The molecule has 0 aliphatic carbocycles. The van der Waals surface area contributed by atoms with E-state index in [4.69, 9.17) is 9.15 Å². The zero-order chi connectivity index (χ0) is 20.1. The predicted molar refractivity (Wildman–Crippen MR) is 108 cm³/mol. The highest BCUT2D eigenvalue weighted by atomic mass is 79.9. The first-order valence-electron chi connectivity index (χ1n) is 8.37. The summed E-state index contributed by atoms with van der Waals surface area (Å²) in [5.74, 6) is 1.49. The van der Waals surface area contributed by atoms with Gasteiger partial charge in [-0.1, -0.05) is 28.1 Å². The second-order valence-corrected chi connectivity index (χ2v) is 6.92. The summed E-state index contributed by atoms with van der Waals surface area (Å²) in [4.78, 5) is 22.6. The summed E-state index contributed by atoms with van der Waals surface area (Å²) < 4.78 is 12.1. The first-order valence-corrected chi connectivity index (χ1v) is 9.16. The predicted octanol–water partition coefficient (Wildman–Crippen LogP) is 5.73. The number of nitro benzene ring substituents is 1. The molecular weight excluding hydrogens is 426 g/mol. The fourth-order valence-corrected chi connectivity index (χ4v) is 2.93. The molecule has 0 bridgehead atoms. The molecule has 1 heterocycles. The Morgan fingerprint density at radius 1 is 1.21 bits per heavy atom. The standard InChI is InChI=1S/C21H16BrNO5/c1-14-11-18(7-9-20(14)23(25)26)27-13-19-6-5-17(28-19)8-10-21(24)15-3-2-4-16(22)12-15/h2-12H,13H2,1H3/b10-8+. The molecule has 0 aliphatic rings. The molecule has 6 nitrogen and oxygen atoms in total. The van der Waals surface area contributed by atoms with Gasteiger partial charge in [-0.2, -0.15) is 0 Å². The molecule has 28 heavy (non-hydrogen) atoms. The monoisotopic (exact) mass is 441 g/mol. The molecule has 0 N–H and O–H groups in total. The third kappa shape index (κ3) is 4.95. The van der Waals surface area contributed by atoms with Crippen LogP contribution in [0, 0.1) is 17.0 Å². The summed E-state index contributed by atoms with van der Waals surface area (Å²) in [6, 6.07) is 15.2. The number of ether oxygens (including phenoxy) is 1. The third-order valence-electron chi connectivity index (χ3n) is 3.94. The lowest BCUT2D eigenvalue weighted by molar-refractivity contribution is -0.385. The number of carbonyl (C=O) groups is 1. The number of halogens is 1. The first-order chi connectivity index (χ1) is 13.4. The van der Waals surface area contributed by atoms with E-state index in [1.807, 2.05) is 6.07 Å². The van der Waals surface area contributed by atoms with Gasteiger partial charge in [-0.3, -0.25) is 14.9 Å². The SMILES string of the molecule is Cc1cc(OCc2ccc(/C=C/C(=O)c3cccc(Br)c3)o2)ccc1[N+](=O)[O-]. The number of rotatable bonds is 7. The van der Waals surface area contributed by atoms with E-state index in [1.165, 1.54) is 12.1 Å². The van der Waals surface area contributed by atoms with Crippen molar-refractivity contribution in [2.75, 3.05) is 0 Å². The smallest absolute Gasteiger partial charge is 0.272 e. The number of nitro groups is 1. The van der Waals surface area contributed by atoms with E-state index in [2.05, 4.69) is 15.9 Å². The van der Waals surface area contributed by atoms with Gasteiger partial charge in [-0.15, -0.1) is 0 Å². The van der Waals surface area contributed by atoms with Crippen molar-refractivity contribution in [1.29, 1.82) is 0 Å². The summed E-state index contributed by atoms with van der Waals surface area (Å²) >= 11 is 3.34. The van der Waals surface area contributed by atoms with Crippen LogP contribution in [0.4, 0.5) is 5.69 Å². The Hall–Kier alpha value is -3.19. The summed E-state index contributed by atoms with van der Waals surface area (Å²) in [6.45, 7) is 1.83. The van der Waals surface area contributed by atoms with Gasteiger partial charge >= 0.3 is 0 Å². The lowest BCUT2D eigenvalue weighted by Gasteiger charge is -2.05. The van der Waals surface area contributed by atoms with E-state index in [-0.39, 0.29) is 18.1 Å². The van der Waals surface area contributed by atoms with Crippen LogP contribution in [0.25, 0.3) is 6.08 Å². The molecule has 0 saturated carbocycles. The molecule has 3 rings (SSSR count). The molecule has 0 saturated heterocycles. The van der Waals surface area contributed by atoms with E-state index < -0.39 is 4.92 Å². The van der Waals surface area contributed by atoms with Crippen LogP contribution in [0.2, 0.25) is 0 Å². The van der Waals surface area contributed by atoms with Gasteiger partial charge < -0.3 is 9.15 Å². The van der Waals surface area contributed by atoms with Gasteiger partial charge in [0.15, 0.2) is 5.78 Å². The van der Waals surface area contributed by atoms with Crippen molar-refractivity contribution in [2.45, 2.75) is 13.5 Å². The lowest BCUT2D eigenvalue weighted by Crippen LogP contribution is -1.96. The highest BCUT2D eigenvalue weighted by molar-refractivity contribution is 9.10. The number of allylic oxidation sites excluding steroid dienone is 1. The molecule has 0 aliphatic heterocycles. The maximum atomic E-state index is 12.2. The van der Waals surface area contributed by atoms with Crippen molar-refractivity contribution < 1.29 is 18.9 Å². The molecule has 0 atom stereocenters. The second kappa shape index (κ2) is 8.67. The van der Waals surface area contributed by atoms with Crippen LogP contribution in [0.15, 0.2) is 69.6 Å². The molecule has 0 radical (unpaired) electrons. The van der Waals surface area contributed by atoms with Crippen LogP contribution < -0.4 is 4.74 Å². The van der Waals surface area contributed by atoms with Gasteiger partial charge in [-0.25, -0.2) is 0 Å². The molecule has 0 fully saturated rings. The number of aryl methyl sites for hydroxylation is 1. The normalized spacial score (nSPS) is 10.9. The average Bonchev–Trinajstić information content (AvgIpc) is 3.12. The first kappa shape index (κ1) is 19.6. The van der Waals surface area contributed by atoms with Crippen LogP contribution >= 0.6 is 15.9 Å². The van der Waals surface area contributed by atoms with Crippen LogP contribution in [0.1, 0.15) is 27.4 Å². The Morgan fingerprint density at radius 2 is 2.04 bits per heavy atom. The van der Waals surface area contributed by atoms with Crippen LogP contribution in [-0.2, 0) is 6.61 Å². The fourth-order valence-electron chi connectivity index (χ4n) is 2.53. The molecule has 3 aromatic rings. The zero-order valence-corrected chi connectivity index (χ0v) is 16.5. The number of benzene rings is 2. The molecule has 0 spiro atoms. The third-order valence-corrected chi connectivity index (χ3v) is 4.43. The average molecular weight is 442 g/mol. The highest BCUT2D eigenvalue weighted by Crippen LogP contribution is 2.24. The number of hydrogen-bond acceptors (Lipinski definition) is 5. The maximum Gasteiger partial charge on any atom is 0.272 e. The zero-order valence-electron chi connectivity index (χ0n) is 14.9. The van der Waals surface area contributed by atoms with Crippen LogP contribution in [-0.4, -0.2) is 10.7 Å². The number of carbonyl (C=O) groups excluding carboxylic acids is 1. The van der Waals surface area contributed by atoms with Gasteiger partial charge in [0, 0.05) is 21.7 Å². The Bertz CT molecular complexity index is 1050. The van der Waals surface area contributed by atoms with E-state index in [9.17, 15) is 14.9 Å². The van der Waals surface area contributed by atoms with E-state index >= 15 is 0 Å². The van der Waals surface area contributed by atoms with E-state index in [0.717, 1.165) is 4.47 Å². The fraction of sp³-hybridized carbons (Fsp3) is 0.0952. The van der Waals surface area contributed by atoms with Crippen LogP contribution in [0.5, 0.6) is 5.75 Å². The van der Waals surface area contributed by atoms with Crippen molar-refractivity contribution in [3.63, 3.8) is 0 Å². The van der Waals surface area contributed by atoms with Crippen molar-refractivity contribution in [2.24, 2.45) is 0 Å². The number of hydrogen-bond donors (Lipinski definition) is 0. The molecule has 1 aromatic heterocycles. The Labute approximate surface area is 169 Å². The summed E-state index contributed by atoms with van der Waals surface area (Å²) in [5.41, 5.74) is 1.15. The molecule has 7 heteroatoms. The Balaban J connectivity index is 1.60. The minimum absolute atomic E-state index is 0.0490. The van der Waals surface area contributed by atoms with E-state index in [0.29, 0.717) is 28.4 Å². The summed E-state index contributed by atoms with van der Waals surface area (Å²) in [5, 5.41) is 10.8. The minimum atomic E-state index is -0.431. The van der Waals surface area contributed by atoms with Gasteiger partial charge in [-0.05, 0) is 55.5 Å². The van der Waals surface area contributed by atoms with Gasteiger partial charge in [0.1, 0.15) is 23.9 Å².